The maximum absolute atomic E-state index is 12.9. The molecule has 0 saturated carbocycles. The highest BCUT2D eigenvalue weighted by Gasteiger charge is 2.19. The number of rotatable bonds is 64. The molecule has 0 saturated heterocycles. The first-order valence-corrected chi connectivity index (χ1v) is 34.6. The normalized spacial score (nSPS) is 12.3. The van der Waals surface area contributed by atoms with Gasteiger partial charge in [0.1, 0.15) is 13.2 Å². The van der Waals surface area contributed by atoms with Crippen molar-refractivity contribution in [3.8, 4) is 0 Å². The molecule has 1 unspecified atom stereocenters. The molecule has 0 aliphatic heterocycles. The van der Waals surface area contributed by atoms with Crippen LogP contribution in [-0.2, 0) is 28.6 Å². The first-order valence-electron chi connectivity index (χ1n) is 34.6. The highest BCUT2D eigenvalue weighted by Crippen LogP contribution is 2.18. The first-order chi connectivity index (χ1) is 38.5. The Kier molecular flexibility index (Phi) is 64.6. The Bertz CT molecular complexity index is 1350. The van der Waals surface area contributed by atoms with Crippen LogP contribution in [0.25, 0.3) is 0 Å². The van der Waals surface area contributed by atoms with E-state index in [1.807, 2.05) is 0 Å². The van der Waals surface area contributed by atoms with Gasteiger partial charge >= 0.3 is 17.9 Å². The predicted octanol–water partition coefficient (Wildman–Crippen LogP) is 23.7. The molecule has 78 heavy (non-hydrogen) atoms. The molecule has 0 aliphatic rings. The molecule has 6 nitrogen and oxygen atoms in total. The van der Waals surface area contributed by atoms with E-state index in [4.69, 9.17) is 14.2 Å². The first kappa shape index (κ1) is 75.4. The fourth-order valence-electron chi connectivity index (χ4n) is 10.4. The molecule has 0 N–H and O–H groups in total. The van der Waals surface area contributed by atoms with Crippen molar-refractivity contribution in [3.05, 3.63) is 48.6 Å². The lowest BCUT2D eigenvalue weighted by Crippen LogP contribution is -2.30. The van der Waals surface area contributed by atoms with Gasteiger partial charge in [-0.2, -0.15) is 0 Å². The maximum atomic E-state index is 12.9. The van der Waals surface area contributed by atoms with Gasteiger partial charge in [0.15, 0.2) is 6.10 Å². The third kappa shape index (κ3) is 64.2. The van der Waals surface area contributed by atoms with E-state index < -0.39 is 6.10 Å². The number of esters is 3. The van der Waals surface area contributed by atoms with Crippen molar-refractivity contribution >= 4 is 17.9 Å². The zero-order valence-corrected chi connectivity index (χ0v) is 52.5. The SMILES string of the molecule is CC/C=C\C/C=C\C/C=C\C/C=C\CCCCCCCCCCCCCCCCCCCCC(=O)OCC(COC(=O)CCCCCCCCCCCCC)OC(=O)CCCCCCCCCCCCCCCCCCCC. The Labute approximate surface area is 486 Å². The van der Waals surface area contributed by atoms with E-state index in [0.29, 0.717) is 19.3 Å². The van der Waals surface area contributed by atoms with Crippen LogP contribution in [-0.4, -0.2) is 37.2 Å². The third-order valence-corrected chi connectivity index (χ3v) is 15.6. The van der Waals surface area contributed by atoms with Crippen LogP contribution in [0.5, 0.6) is 0 Å². The summed E-state index contributed by atoms with van der Waals surface area (Å²) in [6.45, 7) is 6.59. The summed E-state index contributed by atoms with van der Waals surface area (Å²) in [5.74, 6) is -0.837. The molecule has 0 bridgehead atoms. The van der Waals surface area contributed by atoms with Crippen LogP contribution in [0.3, 0.4) is 0 Å². The van der Waals surface area contributed by atoms with Crippen LogP contribution >= 0.6 is 0 Å². The standard InChI is InChI=1S/C72H132O6/c1-4-7-10-13-16-19-22-24-26-28-30-31-32-33-34-35-36-37-38-39-40-41-42-44-45-47-50-53-56-59-62-65-71(74)77-68-69(67-76-70(73)64-61-58-55-52-49-21-18-15-12-9-6-3)78-72(75)66-63-60-57-54-51-48-46-43-29-27-25-23-20-17-14-11-8-5-2/h7,10,16,19,24,26,30-31,69H,4-6,8-9,11-15,17-18,20-23,25,27-29,32-68H2,1-3H3/b10-7-,19-16-,26-24-,31-30-. The van der Waals surface area contributed by atoms with Gasteiger partial charge in [0.2, 0.25) is 0 Å². The second kappa shape index (κ2) is 66.9. The number of carbonyl (C=O) groups is 3. The van der Waals surface area contributed by atoms with Gasteiger partial charge in [-0.15, -0.1) is 0 Å². The van der Waals surface area contributed by atoms with E-state index in [0.717, 1.165) is 83.5 Å². The van der Waals surface area contributed by atoms with Crippen LogP contribution < -0.4 is 0 Å². The van der Waals surface area contributed by atoms with Crippen molar-refractivity contribution in [2.24, 2.45) is 0 Å². The maximum Gasteiger partial charge on any atom is 0.306 e. The zero-order chi connectivity index (χ0) is 56.4. The molecule has 6 heteroatoms. The van der Waals surface area contributed by atoms with Gasteiger partial charge in [-0.1, -0.05) is 345 Å². The molecule has 0 fully saturated rings. The van der Waals surface area contributed by atoms with Crippen LogP contribution in [0, 0.1) is 0 Å². The lowest BCUT2D eigenvalue weighted by Gasteiger charge is -2.18. The van der Waals surface area contributed by atoms with E-state index in [1.165, 1.54) is 250 Å². The van der Waals surface area contributed by atoms with Crippen molar-refractivity contribution < 1.29 is 28.6 Å². The van der Waals surface area contributed by atoms with Crippen LogP contribution in [0.4, 0.5) is 0 Å². The lowest BCUT2D eigenvalue weighted by atomic mass is 10.0. The summed E-state index contributed by atoms with van der Waals surface area (Å²) in [6, 6.07) is 0. The largest absolute Gasteiger partial charge is 0.462 e. The number of carbonyl (C=O) groups excluding carboxylic acids is 3. The molecule has 1 atom stereocenters. The number of hydrogen-bond donors (Lipinski definition) is 0. The summed E-state index contributed by atoms with van der Waals surface area (Å²) < 4.78 is 17.0. The summed E-state index contributed by atoms with van der Waals surface area (Å²) in [5, 5.41) is 0. The molecular formula is C72H132O6. The number of ether oxygens (including phenoxy) is 3. The van der Waals surface area contributed by atoms with E-state index in [1.54, 1.807) is 0 Å². The van der Waals surface area contributed by atoms with Crippen molar-refractivity contribution in [2.45, 2.75) is 380 Å². The summed E-state index contributed by atoms with van der Waals surface area (Å²) in [7, 11) is 0. The molecular weight excluding hydrogens is 961 g/mol. The average molecular weight is 1090 g/mol. The lowest BCUT2D eigenvalue weighted by molar-refractivity contribution is -0.167. The van der Waals surface area contributed by atoms with E-state index in [2.05, 4.69) is 69.4 Å². The molecule has 0 aromatic heterocycles. The molecule has 0 amide bonds. The number of allylic oxidation sites excluding steroid dienone is 8. The monoisotopic (exact) mass is 1090 g/mol. The second-order valence-electron chi connectivity index (χ2n) is 23.4. The smallest absolute Gasteiger partial charge is 0.306 e. The van der Waals surface area contributed by atoms with Crippen molar-refractivity contribution in [2.75, 3.05) is 13.2 Å². The number of unbranched alkanes of at least 4 members (excludes halogenated alkanes) is 45. The van der Waals surface area contributed by atoms with Crippen molar-refractivity contribution in [1.29, 1.82) is 0 Å². The summed E-state index contributed by atoms with van der Waals surface area (Å²) in [6.07, 6.45) is 84.3. The summed E-state index contributed by atoms with van der Waals surface area (Å²) in [5.41, 5.74) is 0. The van der Waals surface area contributed by atoms with E-state index in [-0.39, 0.29) is 31.1 Å². The molecule has 0 aromatic rings. The number of hydrogen-bond acceptors (Lipinski definition) is 6. The van der Waals surface area contributed by atoms with Gasteiger partial charge in [0.05, 0.1) is 0 Å². The average Bonchev–Trinajstić information content (AvgIpc) is 3.44. The van der Waals surface area contributed by atoms with Gasteiger partial charge in [-0.05, 0) is 57.8 Å². The summed E-state index contributed by atoms with van der Waals surface area (Å²) in [4.78, 5) is 38.3. The van der Waals surface area contributed by atoms with Crippen molar-refractivity contribution in [3.63, 3.8) is 0 Å². The fourth-order valence-corrected chi connectivity index (χ4v) is 10.4. The predicted molar refractivity (Wildman–Crippen MR) is 339 cm³/mol. The second-order valence-corrected chi connectivity index (χ2v) is 23.4. The Morgan fingerprint density at radius 1 is 0.269 bits per heavy atom. The quantitative estimate of drug-likeness (QED) is 0.0261. The van der Waals surface area contributed by atoms with Gasteiger partial charge in [0, 0.05) is 19.3 Å². The van der Waals surface area contributed by atoms with Gasteiger partial charge < -0.3 is 14.2 Å². The highest BCUT2D eigenvalue weighted by molar-refractivity contribution is 5.71. The molecule has 0 aliphatic carbocycles. The van der Waals surface area contributed by atoms with E-state index >= 15 is 0 Å². The summed E-state index contributed by atoms with van der Waals surface area (Å²) >= 11 is 0. The zero-order valence-electron chi connectivity index (χ0n) is 52.5. The minimum atomic E-state index is -0.767. The molecule has 0 heterocycles. The Hall–Kier alpha value is -2.63. The van der Waals surface area contributed by atoms with Crippen molar-refractivity contribution in [1.82, 2.24) is 0 Å². The van der Waals surface area contributed by atoms with Crippen LogP contribution in [0.15, 0.2) is 48.6 Å². The topological polar surface area (TPSA) is 78.9 Å². The molecule has 456 valence electrons. The van der Waals surface area contributed by atoms with Gasteiger partial charge in [-0.25, -0.2) is 0 Å². The Morgan fingerprint density at radius 2 is 0.500 bits per heavy atom. The van der Waals surface area contributed by atoms with Crippen LogP contribution in [0.2, 0.25) is 0 Å². The third-order valence-electron chi connectivity index (χ3n) is 15.6. The Balaban J connectivity index is 4.11. The molecule has 0 radical (unpaired) electrons. The van der Waals surface area contributed by atoms with Gasteiger partial charge in [-0.3, -0.25) is 14.4 Å². The van der Waals surface area contributed by atoms with E-state index in [9.17, 15) is 14.4 Å². The minimum Gasteiger partial charge on any atom is -0.462 e. The molecule has 0 rings (SSSR count). The van der Waals surface area contributed by atoms with Crippen LogP contribution in [0.1, 0.15) is 374 Å². The minimum absolute atomic E-state index is 0.0652. The highest BCUT2D eigenvalue weighted by atomic mass is 16.6. The Morgan fingerprint density at radius 3 is 0.782 bits per heavy atom. The van der Waals surface area contributed by atoms with Gasteiger partial charge in [0.25, 0.3) is 0 Å². The fraction of sp³-hybridized carbons (Fsp3) is 0.847. The molecule has 0 spiro atoms. The molecule has 0 aromatic carbocycles.